The van der Waals surface area contributed by atoms with Crippen LogP contribution in [0.4, 0.5) is 0 Å². The molecule has 0 saturated carbocycles. The number of carbonyl (C=O) groups excluding carboxylic acids is 1. The fraction of sp³-hybridized carbons (Fsp3) is 0.455. The zero-order chi connectivity index (χ0) is 11.3. The minimum absolute atomic E-state index is 0.0318. The molecule has 80 valence electrons. The Morgan fingerprint density at radius 1 is 1.67 bits per heavy atom. The van der Waals surface area contributed by atoms with E-state index in [-0.39, 0.29) is 5.91 Å². The van der Waals surface area contributed by atoms with Crippen molar-refractivity contribution in [3.05, 3.63) is 21.9 Å². The zero-order valence-corrected chi connectivity index (χ0v) is 9.80. The second kappa shape index (κ2) is 5.52. The van der Waals surface area contributed by atoms with E-state index in [1.54, 1.807) is 23.3 Å². The Bertz CT molecular complexity index is 378. The van der Waals surface area contributed by atoms with Gasteiger partial charge in [0.25, 0.3) is 0 Å². The summed E-state index contributed by atoms with van der Waals surface area (Å²) < 4.78 is 0. The Morgan fingerprint density at radius 3 is 2.93 bits per heavy atom. The maximum Gasteiger partial charge on any atom is 0.223 e. The van der Waals surface area contributed by atoms with E-state index < -0.39 is 0 Å². The Labute approximate surface area is 93.9 Å². The van der Waals surface area contributed by atoms with Crippen LogP contribution < -0.4 is 0 Å². The molecule has 0 radical (unpaired) electrons. The largest absolute Gasteiger partial charge is 0.341 e. The number of aryl methyl sites for hydroxylation is 1. The number of rotatable bonds is 4. The van der Waals surface area contributed by atoms with Crippen molar-refractivity contribution in [1.29, 1.82) is 5.26 Å². The summed E-state index contributed by atoms with van der Waals surface area (Å²) in [5, 5.41) is 10.4. The van der Waals surface area contributed by atoms with Gasteiger partial charge in [-0.3, -0.25) is 4.79 Å². The summed E-state index contributed by atoms with van der Waals surface area (Å²) in [6.07, 6.45) is 0.615. The lowest BCUT2D eigenvalue weighted by atomic mass is 10.2. The van der Waals surface area contributed by atoms with Crippen LogP contribution in [-0.2, 0) is 11.3 Å². The maximum absolute atomic E-state index is 11.5. The van der Waals surface area contributed by atoms with E-state index in [0.717, 1.165) is 0 Å². The number of carbonyl (C=O) groups is 1. The SMILES string of the molecule is Cc1ccsc1CN(C)C(=O)CCC#N. The molecular formula is C11H14N2OS. The van der Waals surface area contributed by atoms with Gasteiger partial charge in [-0.1, -0.05) is 0 Å². The number of nitriles is 1. The number of hydrogen-bond donors (Lipinski definition) is 0. The summed E-state index contributed by atoms with van der Waals surface area (Å²) in [4.78, 5) is 14.4. The summed E-state index contributed by atoms with van der Waals surface area (Å²) in [5.41, 5.74) is 1.22. The van der Waals surface area contributed by atoms with Crippen LogP contribution >= 0.6 is 11.3 Å². The molecular weight excluding hydrogens is 208 g/mol. The van der Waals surface area contributed by atoms with Crippen LogP contribution in [0.1, 0.15) is 23.3 Å². The molecule has 0 atom stereocenters. The minimum atomic E-state index is 0.0318. The number of thiophene rings is 1. The Balaban J connectivity index is 2.49. The van der Waals surface area contributed by atoms with Crippen molar-refractivity contribution in [3.63, 3.8) is 0 Å². The molecule has 0 aliphatic carbocycles. The smallest absolute Gasteiger partial charge is 0.223 e. The Kier molecular flexibility index (Phi) is 4.32. The fourth-order valence-electron chi connectivity index (χ4n) is 1.22. The van der Waals surface area contributed by atoms with Gasteiger partial charge >= 0.3 is 0 Å². The Hall–Kier alpha value is -1.34. The van der Waals surface area contributed by atoms with E-state index in [0.29, 0.717) is 19.4 Å². The lowest BCUT2D eigenvalue weighted by molar-refractivity contribution is -0.130. The van der Waals surface area contributed by atoms with Crippen LogP contribution in [0.5, 0.6) is 0 Å². The van der Waals surface area contributed by atoms with E-state index in [1.165, 1.54) is 10.4 Å². The van der Waals surface area contributed by atoms with Crippen LogP contribution in [0.15, 0.2) is 11.4 Å². The molecule has 1 heterocycles. The molecule has 15 heavy (non-hydrogen) atoms. The fourth-order valence-corrected chi connectivity index (χ4v) is 2.18. The third-order valence-corrected chi connectivity index (χ3v) is 3.23. The molecule has 3 nitrogen and oxygen atoms in total. The van der Waals surface area contributed by atoms with E-state index in [1.807, 2.05) is 24.4 Å². The minimum Gasteiger partial charge on any atom is -0.341 e. The highest BCUT2D eigenvalue weighted by atomic mass is 32.1. The third kappa shape index (κ3) is 3.37. The van der Waals surface area contributed by atoms with Gasteiger partial charge in [-0.2, -0.15) is 5.26 Å². The van der Waals surface area contributed by atoms with Crippen LogP contribution in [0.25, 0.3) is 0 Å². The van der Waals surface area contributed by atoms with Crippen molar-refractivity contribution in [2.75, 3.05) is 7.05 Å². The van der Waals surface area contributed by atoms with Gasteiger partial charge in [-0.15, -0.1) is 11.3 Å². The monoisotopic (exact) mass is 222 g/mol. The van der Waals surface area contributed by atoms with Crippen LogP contribution in [0.3, 0.4) is 0 Å². The van der Waals surface area contributed by atoms with Crippen molar-refractivity contribution in [3.8, 4) is 6.07 Å². The second-order valence-corrected chi connectivity index (χ2v) is 4.44. The van der Waals surface area contributed by atoms with E-state index >= 15 is 0 Å². The molecule has 0 bridgehead atoms. The quantitative estimate of drug-likeness (QED) is 0.784. The van der Waals surface area contributed by atoms with Gasteiger partial charge < -0.3 is 4.90 Å². The van der Waals surface area contributed by atoms with E-state index in [2.05, 4.69) is 0 Å². The van der Waals surface area contributed by atoms with Crippen molar-refractivity contribution in [2.24, 2.45) is 0 Å². The molecule has 1 rings (SSSR count). The number of nitrogens with zero attached hydrogens (tertiary/aromatic N) is 2. The molecule has 0 aliphatic rings. The van der Waals surface area contributed by atoms with E-state index in [4.69, 9.17) is 5.26 Å². The first-order chi connectivity index (χ1) is 7.15. The first kappa shape index (κ1) is 11.7. The average molecular weight is 222 g/mol. The highest BCUT2D eigenvalue weighted by Crippen LogP contribution is 2.17. The van der Waals surface area contributed by atoms with Crippen molar-refractivity contribution >= 4 is 17.2 Å². The van der Waals surface area contributed by atoms with Gasteiger partial charge in [-0.05, 0) is 23.9 Å². The summed E-state index contributed by atoms with van der Waals surface area (Å²) in [6.45, 7) is 2.69. The zero-order valence-electron chi connectivity index (χ0n) is 8.99. The molecule has 1 aromatic heterocycles. The summed E-state index contributed by atoms with van der Waals surface area (Å²) in [7, 11) is 1.78. The molecule has 0 saturated heterocycles. The van der Waals surface area contributed by atoms with Gasteiger partial charge in [0.1, 0.15) is 0 Å². The maximum atomic E-state index is 11.5. The molecule has 1 aromatic rings. The standard InChI is InChI=1S/C11H14N2OS/c1-9-5-7-15-10(9)8-13(2)11(14)4-3-6-12/h5,7H,3-4,8H2,1-2H3. The lowest BCUT2D eigenvalue weighted by Crippen LogP contribution is -2.25. The lowest BCUT2D eigenvalue weighted by Gasteiger charge is -2.15. The van der Waals surface area contributed by atoms with Crippen molar-refractivity contribution < 1.29 is 4.79 Å². The predicted octanol–water partition coefficient (Wildman–Crippen LogP) is 2.32. The Morgan fingerprint density at radius 2 is 2.40 bits per heavy atom. The van der Waals surface area contributed by atoms with Crippen LogP contribution in [-0.4, -0.2) is 17.9 Å². The molecule has 4 heteroatoms. The summed E-state index contributed by atoms with van der Waals surface area (Å²) in [5.74, 6) is 0.0318. The highest BCUT2D eigenvalue weighted by Gasteiger charge is 2.10. The van der Waals surface area contributed by atoms with E-state index in [9.17, 15) is 4.79 Å². The highest BCUT2D eigenvalue weighted by molar-refractivity contribution is 7.10. The van der Waals surface area contributed by atoms with Crippen molar-refractivity contribution in [1.82, 2.24) is 4.90 Å². The molecule has 0 aliphatic heterocycles. The first-order valence-corrected chi connectivity index (χ1v) is 5.67. The molecule has 0 fully saturated rings. The average Bonchev–Trinajstić information content (AvgIpc) is 2.61. The first-order valence-electron chi connectivity index (χ1n) is 4.79. The predicted molar refractivity (Wildman–Crippen MR) is 60.4 cm³/mol. The topological polar surface area (TPSA) is 44.1 Å². The van der Waals surface area contributed by atoms with Crippen LogP contribution in [0.2, 0.25) is 0 Å². The van der Waals surface area contributed by atoms with Gasteiger partial charge in [-0.25, -0.2) is 0 Å². The second-order valence-electron chi connectivity index (χ2n) is 3.43. The number of hydrogen-bond acceptors (Lipinski definition) is 3. The molecule has 0 spiro atoms. The summed E-state index contributed by atoms with van der Waals surface area (Å²) in [6, 6.07) is 4.03. The molecule has 1 amide bonds. The van der Waals surface area contributed by atoms with Gasteiger partial charge in [0.2, 0.25) is 5.91 Å². The van der Waals surface area contributed by atoms with Gasteiger partial charge in [0.05, 0.1) is 12.6 Å². The van der Waals surface area contributed by atoms with Gasteiger partial charge in [0.15, 0.2) is 0 Å². The normalized spacial score (nSPS) is 9.67. The summed E-state index contributed by atoms with van der Waals surface area (Å²) >= 11 is 1.66. The van der Waals surface area contributed by atoms with Gasteiger partial charge in [0, 0.05) is 24.8 Å². The molecule has 0 N–H and O–H groups in total. The molecule has 0 aromatic carbocycles. The van der Waals surface area contributed by atoms with Crippen molar-refractivity contribution in [2.45, 2.75) is 26.3 Å². The molecule has 0 unspecified atom stereocenters. The number of amides is 1. The third-order valence-electron chi connectivity index (χ3n) is 2.23. The van der Waals surface area contributed by atoms with Crippen LogP contribution in [0, 0.1) is 18.3 Å².